The lowest BCUT2D eigenvalue weighted by Gasteiger charge is -1.94. The number of hydrogen-bond donors (Lipinski definition) is 1. The number of para-hydroxylation sites is 1. The van der Waals surface area contributed by atoms with Gasteiger partial charge in [-0.15, -0.1) is 10.2 Å². The second kappa shape index (κ2) is 4.86. The lowest BCUT2D eigenvalue weighted by molar-refractivity contribution is 0.0599. The third-order valence-corrected chi connectivity index (χ3v) is 3.72. The van der Waals surface area contributed by atoms with E-state index >= 15 is 0 Å². The smallest absolute Gasteiger partial charge is 0.369 e. The number of H-pyrrole nitrogens is 1. The van der Waals surface area contributed by atoms with Crippen molar-refractivity contribution in [2.24, 2.45) is 0 Å². The third kappa shape index (κ3) is 1.97. The number of nitrogens with one attached hydrogen (secondary N) is 1. The molecule has 0 bridgehead atoms. The molecule has 20 heavy (non-hydrogen) atoms. The molecule has 3 rings (SSSR count). The van der Waals surface area contributed by atoms with E-state index in [9.17, 15) is 9.59 Å². The molecule has 1 aromatic carbocycles. The van der Waals surface area contributed by atoms with Gasteiger partial charge in [0.25, 0.3) is 0 Å². The predicted octanol–water partition coefficient (Wildman–Crippen LogP) is 2.04. The zero-order valence-corrected chi connectivity index (χ0v) is 11.2. The summed E-state index contributed by atoms with van der Waals surface area (Å²) < 4.78 is 4.54. The fraction of sp³-hybridized carbons (Fsp3) is 0.0769. The van der Waals surface area contributed by atoms with E-state index in [1.807, 2.05) is 24.3 Å². The summed E-state index contributed by atoms with van der Waals surface area (Å²) in [5, 5.41) is 8.45. The first kappa shape index (κ1) is 12.5. The molecule has 1 N–H and O–H groups in total. The third-order valence-electron chi connectivity index (χ3n) is 2.81. The van der Waals surface area contributed by atoms with Crippen LogP contribution in [0.1, 0.15) is 25.2 Å². The van der Waals surface area contributed by atoms with Crippen LogP contribution in [0.4, 0.5) is 0 Å². The van der Waals surface area contributed by atoms with Crippen molar-refractivity contribution in [3.63, 3.8) is 0 Å². The molecule has 7 heteroatoms. The van der Waals surface area contributed by atoms with E-state index in [2.05, 4.69) is 19.9 Å². The molecule has 0 saturated heterocycles. The maximum Gasteiger partial charge on any atom is 0.369 e. The highest BCUT2D eigenvalue weighted by Gasteiger charge is 2.21. The van der Waals surface area contributed by atoms with E-state index in [0.29, 0.717) is 5.56 Å². The summed E-state index contributed by atoms with van der Waals surface area (Å²) in [6, 6.07) is 7.47. The van der Waals surface area contributed by atoms with Crippen molar-refractivity contribution in [3.05, 3.63) is 46.0 Å². The van der Waals surface area contributed by atoms with Gasteiger partial charge in [-0.3, -0.25) is 4.79 Å². The van der Waals surface area contributed by atoms with E-state index in [1.54, 1.807) is 6.20 Å². The molecule has 0 aliphatic heterocycles. The van der Waals surface area contributed by atoms with Crippen LogP contribution in [0, 0.1) is 0 Å². The van der Waals surface area contributed by atoms with Crippen LogP contribution in [-0.2, 0) is 4.74 Å². The van der Waals surface area contributed by atoms with Gasteiger partial charge in [-0.25, -0.2) is 4.79 Å². The van der Waals surface area contributed by atoms with E-state index in [0.717, 1.165) is 22.2 Å². The number of aromatic amines is 1. The zero-order valence-electron chi connectivity index (χ0n) is 10.4. The van der Waals surface area contributed by atoms with Gasteiger partial charge in [0, 0.05) is 17.1 Å². The molecule has 0 aliphatic rings. The van der Waals surface area contributed by atoms with Gasteiger partial charge >= 0.3 is 5.97 Å². The van der Waals surface area contributed by atoms with Crippen molar-refractivity contribution >= 4 is 34.0 Å². The second-order valence-corrected chi connectivity index (χ2v) is 4.96. The molecule has 2 aromatic heterocycles. The number of aromatic nitrogens is 3. The molecule has 0 amide bonds. The summed E-state index contributed by atoms with van der Waals surface area (Å²) in [5.41, 5.74) is 1.38. The summed E-state index contributed by atoms with van der Waals surface area (Å²) in [7, 11) is 1.25. The minimum atomic E-state index is -0.597. The highest BCUT2D eigenvalue weighted by Crippen LogP contribution is 2.22. The van der Waals surface area contributed by atoms with Gasteiger partial charge in [-0.1, -0.05) is 29.5 Å². The fourth-order valence-electron chi connectivity index (χ4n) is 1.86. The highest BCUT2D eigenvalue weighted by atomic mass is 32.1. The van der Waals surface area contributed by atoms with Crippen LogP contribution in [0.15, 0.2) is 30.5 Å². The Morgan fingerprint density at radius 1 is 1.20 bits per heavy atom. The number of rotatable bonds is 3. The quantitative estimate of drug-likeness (QED) is 0.588. The molecule has 2 heterocycles. The number of fused-ring (bicyclic) bond motifs is 1. The fourth-order valence-corrected chi connectivity index (χ4v) is 2.58. The predicted molar refractivity (Wildman–Crippen MR) is 73.0 cm³/mol. The molecular formula is C13H9N3O3S. The Bertz CT molecular complexity index is 806. The van der Waals surface area contributed by atoms with Crippen molar-refractivity contribution < 1.29 is 14.3 Å². The molecule has 6 nitrogen and oxygen atoms in total. The minimum Gasteiger partial charge on any atom is -0.464 e. The normalized spacial score (nSPS) is 10.7. The van der Waals surface area contributed by atoms with Gasteiger partial charge in [0.15, 0.2) is 5.01 Å². The van der Waals surface area contributed by atoms with Crippen LogP contribution < -0.4 is 0 Å². The summed E-state index contributed by atoms with van der Waals surface area (Å²) in [4.78, 5) is 26.7. The number of methoxy groups -OCH3 is 1. The monoisotopic (exact) mass is 287 g/mol. The molecule has 0 spiro atoms. The summed E-state index contributed by atoms with van der Waals surface area (Å²) in [6.45, 7) is 0. The number of nitrogens with zero attached hydrogens (tertiary/aromatic N) is 2. The number of ketones is 1. The minimum absolute atomic E-state index is 0.0655. The van der Waals surface area contributed by atoms with Crippen molar-refractivity contribution in [2.45, 2.75) is 0 Å². The Morgan fingerprint density at radius 2 is 1.95 bits per heavy atom. The Hall–Kier alpha value is -2.54. The van der Waals surface area contributed by atoms with Crippen molar-refractivity contribution in [1.82, 2.24) is 15.2 Å². The molecule has 0 aliphatic carbocycles. The van der Waals surface area contributed by atoms with Crippen LogP contribution in [0.5, 0.6) is 0 Å². The first-order chi connectivity index (χ1) is 9.70. The van der Waals surface area contributed by atoms with E-state index in [4.69, 9.17) is 0 Å². The van der Waals surface area contributed by atoms with Crippen LogP contribution in [-0.4, -0.2) is 34.0 Å². The van der Waals surface area contributed by atoms with Crippen molar-refractivity contribution in [2.75, 3.05) is 7.11 Å². The largest absolute Gasteiger partial charge is 0.464 e. The zero-order chi connectivity index (χ0) is 14.1. The van der Waals surface area contributed by atoms with E-state index in [-0.39, 0.29) is 15.8 Å². The van der Waals surface area contributed by atoms with Crippen molar-refractivity contribution in [3.8, 4) is 0 Å². The first-order valence-corrected chi connectivity index (χ1v) is 6.55. The maximum atomic E-state index is 12.4. The molecule has 0 radical (unpaired) electrons. The SMILES string of the molecule is COC(=O)c1nnc(C(=O)c2c[nH]c3ccccc23)s1. The number of carbonyl (C=O) groups excluding carboxylic acids is 2. The molecule has 3 aromatic rings. The molecular weight excluding hydrogens is 278 g/mol. The molecule has 100 valence electrons. The second-order valence-electron chi connectivity index (χ2n) is 3.98. The number of esters is 1. The Morgan fingerprint density at radius 3 is 2.75 bits per heavy atom. The average molecular weight is 287 g/mol. The van der Waals surface area contributed by atoms with Gasteiger partial charge in [-0.05, 0) is 6.07 Å². The van der Waals surface area contributed by atoms with Crippen LogP contribution in [0.2, 0.25) is 0 Å². The molecule has 0 saturated carbocycles. The van der Waals surface area contributed by atoms with Gasteiger partial charge in [-0.2, -0.15) is 0 Å². The Labute approximate surface area is 117 Å². The number of hydrogen-bond acceptors (Lipinski definition) is 6. The number of ether oxygens (including phenoxy) is 1. The number of benzene rings is 1. The lowest BCUT2D eigenvalue weighted by atomic mass is 10.1. The molecule has 0 unspecified atom stereocenters. The molecule has 0 atom stereocenters. The topological polar surface area (TPSA) is 84.9 Å². The van der Waals surface area contributed by atoms with Gasteiger partial charge in [0.1, 0.15) is 0 Å². The average Bonchev–Trinajstić information content (AvgIpc) is 3.12. The summed E-state index contributed by atoms with van der Waals surface area (Å²) >= 11 is 0.920. The van der Waals surface area contributed by atoms with Crippen LogP contribution in [0.3, 0.4) is 0 Å². The Kier molecular flexibility index (Phi) is 3.03. The summed E-state index contributed by atoms with van der Waals surface area (Å²) in [5.74, 6) is -0.865. The van der Waals surface area contributed by atoms with Crippen molar-refractivity contribution in [1.29, 1.82) is 0 Å². The number of carbonyl (C=O) groups is 2. The van der Waals surface area contributed by atoms with Crippen LogP contribution >= 0.6 is 11.3 Å². The Balaban J connectivity index is 2.00. The standard InChI is InChI=1S/C13H9N3O3S/c1-19-13(18)12-16-15-11(20-12)10(17)8-6-14-9-5-3-2-4-7(8)9/h2-6,14H,1H3. The maximum absolute atomic E-state index is 12.4. The van der Waals surface area contributed by atoms with E-state index in [1.165, 1.54) is 7.11 Å². The highest BCUT2D eigenvalue weighted by molar-refractivity contribution is 7.15. The van der Waals surface area contributed by atoms with Gasteiger partial charge in [0.05, 0.1) is 12.7 Å². The first-order valence-electron chi connectivity index (χ1n) is 5.73. The van der Waals surface area contributed by atoms with Gasteiger partial charge in [0.2, 0.25) is 10.8 Å². The van der Waals surface area contributed by atoms with Crippen LogP contribution in [0.25, 0.3) is 10.9 Å². The lowest BCUT2D eigenvalue weighted by Crippen LogP contribution is -1.99. The van der Waals surface area contributed by atoms with Gasteiger partial charge < -0.3 is 9.72 Å². The molecule has 0 fully saturated rings. The van der Waals surface area contributed by atoms with E-state index < -0.39 is 5.97 Å². The summed E-state index contributed by atoms with van der Waals surface area (Å²) in [6.07, 6.45) is 1.63.